The molecule has 0 bridgehead atoms. The van der Waals surface area contributed by atoms with E-state index in [-0.39, 0.29) is 5.91 Å². The fourth-order valence-electron chi connectivity index (χ4n) is 2.37. The third kappa shape index (κ3) is 3.77. The Labute approximate surface area is 133 Å². The maximum absolute atomic E-state index is 12.5. The molecule has 1 amide bonds. The van der Waals surface area contributed by atoms with Crippen LogP contribution in [0.15, 0.2) is 22.7 Å². The lowest BCUT2D eigenvalue weighted by Gasteiger charge is -2.34. The normalized spacial score (nSPS) is 16.2. The van der Waals surface area contributed by atoms with E-state index < -0.39 is 0 Å². The van der Waals surface area contributed by atoms with Gasteiger partial charge in [0.1, 0.15) is 0 Å². The Morgan fingerprint density at radius 3 is 2.55 bits per heavy atom. The number of nitrogens with zero attached hydrogens (tertiary/aromatic N) is 2. The smallest absolute Gasteiger partial charge is 0.254 e. The fourth-order valence-corrected chi connectivity index (χ4v) is 3.02. The predicted molar refractivity (Wildman–Crippen MR) is 88.0 cm³/mol. The number of thiocarbonyl (C=S) groups is 1. The zero-order valence-electron chi connectivity index (χ0n) is 11.4. The third-order valence-corrected chi connectivity index (χ3v) is 4.08. The molecular weight excluding hydrogens is 338 g/mol. The van der Waals surface area contributed by atoms with Crippen molar-refractivity contribution in [3.8, 4) is 0 Å². The van der Waals surface area contributed by atoms with E-state index in [1.165, 1.54) is 0 Å². The number of nitrogens with two attached hydrogens (primary N) is 1. The number of benzene rings is 1. The van der Waals surface area contributed by atoms with Crippen LogP contribution in [0.25, 0.3) is 0 Å². The van der Waals surface area contributed by atoms with Crippen LogP contribution in [0.1, 0.15) is 15.9 Å². The highest BCUT2D eigenvalue weighted by molar-refractivity contribution is 9.10. The van der Waals surface area contributed by atoms with Gasteiger partial charge in [-0.05, 0) is 30.7 Å². The second-order valence-corrected chi connectivity index (χ2v) is 6.43. The van der Waals surface area contributed by atoms with Crippen LogP contribution in [0.3, 0.4) is 0 Å². The molecule has 2 rings (SSSR count). The molecule has 0 atom stereocenters. The summed E-state index contributed by atoms with van der Waals surface area (Å²) in [5, 5.41) is 0. The molecule has 1 aliphatic heterocycles. The van der Waals surface area contributed by atoms with E-state index in [0.29, 0.717) is 11.5 Å². The highest BCUT2D eigenvalue weighted by Gasteiger charge is 2.23. The van der Waals surface area contributed by atoms with Crippen molar-refractivity contribution >= 4 is 39.0 Å². The van der Waals surface area contributed by atoms with Crippen LogP contribution < -0.4 is 5.73 Å². The SMILES string of the molecule is Cc1cc(Br)ccc1C(=O)N1CCN(CC(N)=S)CC1. The Morgan fingerprint density at radius 2 is 2.00 bits per heavy atom. The lowest BCUT2D eigenvalue weighted by molar-refractivity contribution is 0.0653. The van der Waals surface area contributed by atoms with Gasteiger partial charge < -0.3 is 10.6 Å². The molecule has 1 aliphatic rings. The third-order valence-electron chi connectivity index (χ3n) is 3.46. The first-order chi connectivity index (χ1) is 9.47. The number of hydrogen-bond acceptors (Lipinski definition) is 3. The molecule has 1 heterocycles. The Bertz CT molecular complexity index is 527. The fraction of sp³-hybridized carbons (Fsp3) is 0.429. The molecule has 0 saturated carbocycles. The largest absolute Gasteiger partial charge is 0.392 e. The molecule has 0 radical (unpaired) electrons. The summed E-state index contributed by atoms with van der Waals surface area (Å²) < 4.78 is 0.993. The van der Waals surface area contributed by atoms with Crippen LogP contribution in [-0.4, -0.2) is 53.4 Å². The van der Waals surface area contributed by atoms with Gasteiger partial charge in [0.05, 0.1) is 4.99 Å². The van der Waals surface area contributed by atoms with Gasteiger partial charge >= 0.3 is 0 Å². The number of carbonyl (C=O) groups excluding carboxylic acids is 1. The Hall–Kier alpha value is -0.980. The maximum Gasteiger partial charge on any atom is 0.254 e. The molecule has 2 N–H and O–H groups in total. The summed E-state index contributed by atoms with van der Waals surface area (Å²) in [6, 6.07) is 5.75. The zero-order valence-corrected chi connectivity index (χ0v) is 13.8. The summed E-state index contributed by atoms with van der Waals surface area (Å²) >= 11 is 8.33. The second kappa shape index (κ2) is 6.65. The van der Waals surface area contributed by atoms with Gasteiger partial charge in [-0.25, -0.2) is 0 Å². The standard InChI is InChI=1S/C14H18BrN3OS/c1-10-8-11(15)2-3-12(10)14(19)18-6-4-17(5-7-18)9-13(16)20/h2-3,8H,4-7,9H2,1H3,(H2,16,20). The molecule has 0 spiro atoms. The highest BCUT2D eigenvalue weighted by atomic mass is 79.9. The summed E-state index contributed by atoms with van der Waals surface area (Å²) in [4.78, 5) is 17.1. The minimum atomic E-state index is 0.102. The zero-order chi connectivity index (χ0) is 14.7. The molecule has 0 aliphatic carbocycles. The Kier molecular flexibility index (Phi) is 5.12. The van der Waals surface area contributed by atoms with E-state index in [1.807, 2.05) is 30.0 Å². The molecule has 1 aromatic carbocycles. The van der Waals surface area contributed by atoms with Crippen molar-refractivity contribution in [3.05, 3.63) is 33.8 Å². The number of aryl methyl sites for hydroxylation is 1. The summed E-state index contributed by atoms with van der Waals surface area (Å²) in [7, 11) is 0. The van der Waals surface area contributed by atoms with Crippen LogP contribution >= 0.6 is 28.1 Å². The molecule has 0 aromatic heterocycles. The summed E-state index contributed by atoms with van der Waals surface area (Å²) in [6.07, 6.45) is 0. The monoisotopic (exact) mass is 355 g/mol. The number of amides is 1. The average molecular weight is 356 g/mol. The van der Waals surface area contributed by atoms with Crippen LogP contribution in [0.5, 0.6) is 0 Å². The number of halogens is 1. The average Bonchev–Trinajstić information content (AvgIpc) is 2.38. The van der Waals surface area contributed by atoms with E-state index in [2.05, 4.69) is 20.8 Å². The minimum absolute atomic E-state index is 0.102. The van der Waals surface area contributed by atoms with Gasteiger partial charge in [-0.1, -0.05) is 28.1 Å². The van der Waals surface area contributed by atoms with Crippen molar-refractivity contribution in [2.24, 2.45) is 5.73 Å². The number of rotatable bonds is 3. The molecule has 1 saturated heterocycles. The van der Waals surface area contributed by atoms with Crippen LogP contribution in [0.4, 0.5) is 0 Å². The second-order valence-electron chi connectivity index (χ2n) is 4.99. The first kappa shape index (κ1) is 15.4. The van der Waals surface area contributed by atoms with Gasteiger partial charge in [0.15, 0.2) is 0 Å². The predicted octanol–water partition coefficient (Wildman–Crippen LogP) is 1.80. The van der Waals surface area contributed by atoms with E-state index in [4.69, 9.17) is 18.0 Å². The van der Waals surface area contributed by atoms with E-state index in [1.54, 1.807) is 0 Å². The van der Waals surface area contributed by atoms with Crippen LogP contribution in [-0.2, 0) is 0 Å². The van der Waals surface area contributed by atoms with Crippen LogP contribution in [0, 0.1) is 6.92 Å². The minimum Gasteiger partial charge on any atom is -0.392 e. The number of hydrogen-bond donors (Lipinski definition) is 1. The first-order valence-corrected chi connectivity index (χ1v) is 7.73. The van der Waals surface area contributed by atoms with E-state index >= 15 is 0 Å². The highest BCUT2D eigenvalue weighted by Crippen LogP contribution is 2.18. The molecule has 108 valence electrons. The Morgan fingerprint density at radius 1 is 1.35 bits per heavy atom. The molecule has 20 heavy (non-hydrogen) atoms. The quantitative estimate of drug-likeness (QED) is 0.840. The summed E-state index contributed by atoms with van der Waals surface area (Å²) in [5.74, 6) is 0.102. The Balaban J connectivity index is 1.99. The molecule has 1 fully saturated rings. The van der Waals surface area contributed by atoms with Crippen molar-refractivity contribution in [1.29, 1.82) is 0 Å². The first-order valence-electron chi connectivity index (χ1n) is 6.53. The van der Waals surface area contributed by atoms with Crippen molar-refractivity contribution in [3.63, 3.8) is 0 Å². The van der Waals surface area contributed by atoms with Gasteiger partial charge in [0, 0.05) is 42.8 Å². The molecular formula is C14H18BrN3OS. The van der Waals surface area contributed by atoms with Gasteiger partial charge in [-0.3, -0.25) is 9.69 Å². The number of piperazine rings is 1. The molecule has 4 nitrogen and oxygen atoms in total. The van der Waals surface area contributed by atoms with Gasteiger partial charge in [-0.2, -0.15) is 0 Å². The van der Waals surface area contributed by atoms with Crippen molar-refractivity contribution in [1.82, 2.24) is 9.80 Å². The molecule has 6 heteroatoms. The van der Waals surface area contributed by atoms with Crippen molar-refractivity contribution in [2.45, 2.75) is 6.92 Å². The van der Waals surface area contributed by atoms with E-state index in [0.717, 1.165) is 41.8 Å². The van der Waals surface area contributed by atoms with Crippen LogP contribution in [0.2, 0.25) is 0 Å². The van der Waals surface area contributed by atoms with Crippen molar-refractivity contribution < 1.29 is 4.79 Å². The molecule has 0 unspecified atom stereocenters. The maximum atomic E-state index is 12.5. The lowest BCUT2D eigenvalue weighted by Crippen LogP contribution is -2.50. The topological polar surface area (TPSA) is 49.6 Å². The summed E-state index contributed by atoms with van der Waals surface area (Å²) in [6.45, 7) is 5.67. The van der Waals surface area contributed by atoms with Gasteiger partial charge in [0.25, 0.3) is 5.91 Å². The van der Waals surface area contributed by atoms with E-state index in [9.17, 15) is 4.79 Å². The van der Waals surface area contributed by atoms with Gasteiger partial charge in [0.2, 0.25) is 0 Å². The van der Waals surface area contributed by atoms with Crippen molar-refractivity contribution in [2.75, 3.05) is 32.7 Å². The lowest BCUT2D eigenvalue weighted by atomic mass is 10.1. The van der Waals surface area contributed by atoms with Gasteiger partial charge in [-0.15, -0.1) is 0 Å². The molecule has 1 aromatic rings. The number of carbonyl (C=O) groups is 1. The summed E-state index contributed by atoms with van der Waals surface area (Å²) in [5.41, 5.74) is 7.32.